The van der Waals surface area contributed by atoms with Crippen LogP contribution in [0.3, 0.4) is 0 Å². The number of hydrogen-bond donors (Lipinski definition) is 1. The maximum absolute atomic E-state index is 12.9. The molecule has 0 amide bonds. The molecule has 0 bridgehead atoms. The molecule has 2 unspecified atom stereocenters. The van der Waals surface area contributed by atoms with Crippen LogP contribution < -0.4 is 4.72 Å². The molecular weight excluding hydrogens is 326 g/mol. The van der Waals surface area contributed by atoms with Crippen LogP contribution in [0.1, 0.15) is 32.4 Å². The second-order valence-electron chi connectivity index (χ2n) is 7.14. The molecule has 0 spiro atoms. The number of pyridine rings is 1. The first-order valence-corrected chi connectivity index (χ1v) is 9.46. The number of rotatable bonds is 3. The van der Waals surface area contributed by atoms with E-state index in [1.165, 1.54) is 0 Å². The minimum Gasteiger partial charge on any atom is -0.297 e. The van der Waals surface area contributed by atoms with E-state index in [2.05, 4.69) is 9.71 Å². The van der Waals surface area contributed by atoms with Gasteiger partial charge in [-0.3, -0.25) is 9.82 Å². The van der Waals surface area contributed by atoms with E-state index in [1.807, 2.05) is 51.1 Å². The molecule has 1 saturated heterocycles. The lowest BCUT2D eigenvalue weighted by molar-refractivity contribution is -0.110. The van der Waals surface area contributed by atoms with Crippen LogP contribution in [0.15, 0.2) is 36.5 Å². The molecular formula is C17H23N3O3S. The summed E-state index contributed by atoms with van der Waals surface area (Å²) in [7, 11) is -1.78. The van der Waals surface area contributed by atoms with Crippen molar-refractivity contribution < 1.29 is 13.3 Å². The maximum Gasteiger partial charge on any atom is 0.219 e. The van der Waals surface area contributed by atoms with Crippen LogP contribution in [-0.4, -0.2) is 42.9 Å². The van der Waals surface area contributed by atoms with Crippen molar-refractivity contribution in [2.45, 2.75) is 37.6 Å². The van der Waals surface area contributed by atoms with Crippen molar-refractivity contribution in [2.24, 2.45) is 0 Å². The molecule has 1 aliphatic heterocycles. The molecule has 1 aromatic carbocycles. The van der Waals surface area contributed by atoms with Gasteiger partial charge in [0, 0.05) is 24.2 Å². The van der Waals surface area contributed by atoms with Gasteiger partial charge in [-0.2, -0.15) is 5.06 Å². The van der Waals surface area contributed by atoms with E-state index in [4.69, 9.17) is 4.84 Å². The number of aromatic nitrogens is 1. The predicted octanol–water partition coefficient (Wildman–Crippen LogP) is 2.24. The highest BCUT2D eigenvalue weighted by Crippen LogP contribution is 2.36. The van der Waals surface area contributed by atoms with Crippen LogP contribution in [0, 0.1) is 0 Å². The number of nitrogens with zero attached hydrogens (tertiary/aromatic N) is 2. The Bertz CT molecular complexity index is 840. The lowest BCUT2D eigenvalue weighted by atomic mass is 10.00. The van der Waals surface area contributed by atoms with Crippen molar-refractivity contribution in [3.05, 3.63) is 42.1 Å². The quantitative estimate of drug-likeness (QED) is 0.920. The fourth-order valence-electron chi connectivity index (χ4n) is 3.13. The highest BCUT2D eigenvalue weighted by molar-refractivity contribution is 7.90. The Balaban J connectivity index is 2.07. The third-order valence-electron chi connectivity index (χ3n) is 4.03. The number of nitrogens with one attached hydrogen (secondary N) is 1. The van der Waals surface area contributed by atoms with Crippen molar-refractivity contribution in [3.63, 3.8) is 0 Å². The van der Waals surface area contributed by atoms with Crippen LogP contribution in [0.25, 0.3) is 10.9 Å². The maximum atomic E-state index is 12.9. The summed E-state index contributed by atoms with van der Waals surface area (Å²) in [6.07, 6.45) is 1.71. The molecule has 1 aromatic heterocycles. The molecule has 2 aromatic rings. The van der Waals surface area contributed by atoms with Crippen molar-refractivity contribution in [1.82, 2.24) is 14.8 Å². The average Bonchev–Trinajstić information content (AvgIpc) is 2.87. The summed E-state index contributed by atoms with van der Waals surface area (Å²) in [5.74, 6) is 0. The Morgan fingerprint density at radius 3 is 2.67 bits per heavy atom. The number of fused-ring (bicyclic) bond motifs is 1. The molecule has 7 heteroatoms. The number of sulfonamides is 1. The molecule has 130 valence electrons. The fourth-order valence-corrected chi connectivity index (χ4v) is 5.03. The van der Waals surface area contributed by atoms with Gasteiger partial charge in [0.25, 0.3) is 0 Å². The van der Waals surface area contributed by atoms with Crippen LogP contribution in [-0.2, 0) is 14.9 Å². The number of benzene rings is 1. The van der Waals surface area contributed by atoms with E-state index < -0.39 is 26.9 Å². The summed E-state index contributed by atoms with van der Waals surface area (Å²) in [6, 6.07) is 9.22. The highest BCUT2D eigenvalue weighted by Gasteiger charge is 2.44. The summed E-state index contributed by atoms with van der Waals surface area (Å²) in [4.78, 5) is 9.94. The van der Waals surface area contributed by atoms with Crippen LogP contribution in [0.2, 0.25) is 0 Å². The molecule has 0 aliphatic carbocycles. The Morgan fingerprint density at radius 1 is 1.25 bits per heavy atom. The first-order chi connectivity index (χ1) is 11.2. The normalized spacial score (nSPS) is 23.0. The van der Waals surface area contributed by atoms with E-state index in [0.29, 0.717) is 0 Å². The third kappa shape index (κ3) is 3.30. The van der Waals surface area contributed by atoms with Gasteiger partial charge in [0.15, 0.2) is 0 Å². The predicted molar refractivity (Wildman–Crippen MR) is 93.8 cm³/mol. The average molecular weight is 349 g/mol. The first-order valence-electron chi connectivity index (χ1n) is 7.91. The SMILES string of the molecule is CN1OCC(S(=O)(=O)NC(C)(C)C)C1c1ccnc2ccccc12. The van der Waals surface area contributed by atoms with Gasteiger partial charge < -0.3 is 0 Å². The lowest BCUT2D eigenvalue weighted by Crippen LogP contribution is -2.47. The molecule has 24 heavy (non-hydrogen) atoms. The van der Waals surface area contributed by atoms with E-state index in [0.717, 1.165) is 16.5 Å². The zero-order valence-electron chi connectivity index (χ0n) is 14.4. The lowest BCUT2D eigenvalue weighted by Gasteiger charge is -2.27. The van der Waals surface area contributed by atoms with Crippen molar-refractivity contribution in [1.29, 1.82) is 0 Å². The first kappa shape index (κ1) is 17.3. The Hall–Kier alpha value is -1.54. The zero-order valence-corrected chi connectivity index (χ0v) is 15.2. The second kappa shape index (κ2) is 6.07. The molecule has 1 aliphatic rings. The molecule has 2 heterocycles. The number of para-hydroxylation sites is 1. The van der Waals surface area contributed by atoms with Gasteiger partial charge in [0.2, 0.25) is 10.0 Å². The van der Waals surface area contributed by atoms with E-state index in [-0.39, 0.29) is 6.61 Å². The van der Waals surface area contributed by atoms with Crippen molar-refractivity contribution in [3.8, 4) is 0 Å². The standard InChI is InChI=1S/C17H23N3O3S/c1-17(2,3)19-24(21,22)15-11-23-20(4)16(15)13-9-10-18-14-8-6-5-7-12(13)14/h5-10,15-16,19H,11H2,1-4H3. The Kier molecular flexibility index (Phi) is 4.37. The van der Waals surface area contributed by atoms with Gasteiger partial charge in [0.1, 0.15) is 5.25 Å². The van der Waals surface area contributed by atoms with Gasteiger partial charge in [0.05, 0.1) is 18.2 Å². The van der Waals surface area contributed by atoms with E-state index in [9.17, 15) is 8.42 Å². The minimum atomic E-state index is -3.55. The Labute approximate surface area is 142 Å². The highest BCUT2D eigenvalue weighted by atomic mass is 32.2. The summed E-state index contributed by atoms with van der Waals surface area (Å²) < 4.78 is 28.5. The third-order valence-corrected chi connectivity index (χ3v) is 6.12. The monoisotopic (exact) mass is 349 g/mol. The van der Waals surface area contributed by atoms with Gasteiger partial charge in [-0.1, -0.05) is 18.2 Å². The van der Waals surface area contributed by atoms with Gasteiger partial charge >= 0.3 is 0 Å². The molecule has 1 N–H and O–H groups in total. The molecule has 1 fully saturated rings. The number of hydrogen-bond acceptors (Lipinski definition) is 5. The zero-order chi connectivity index (χ0) is 17.5. The van der Waals surface area contributed by atoms with Gasteiger partial charge in [-0.15, -0.1) is 0 Å². The Morgan fingerprint density at radius 2 is 1.96 bits per heavy atom. The summed E-state index contributed by atoms with van der Waals surface area (Å²) >= 11 is 0. The van der Waals surface area contributed by atoms with E-state index >= 15 is 0 Å². The molecule has 2 atom stereocenters. The summed E-state index contributed by atoms with van der Waals surface area (Å²) in [6.45, 7) is 5.63. The number of hydroxylamine groups is 2. The van der Waals surface area contributed by atoms with E-state index in [1.54, 1.807) is 18.3 Å². The summed E-state index contributed by atoms with van der Waals surface area (Å²) in [5, 5.41) is 1.89. The van der Waals surface area contributed by atoms with Crippen LogP contribution in [0.5, 0.6) is 0 Å². The van der Waals surface area contributed by atoms with Crippen LogP contribution >= 0.6 is 0 Å². The van der Waals surface area contributed by atoms with Gasteiger partial charge in [-0.25, -0.2) is 13.1 Å². The second-order valence-corrected chi connectivity index (χ2v) is 9.04. The largest absolute Gasteiger partial charge is 0.297 e. The molecule has 6 nitrogen and oxygen atoms in total. The smallest absolute Gasteiger partial charge is 0.219 e. The molecule has 3 rings (SSSR count). The molecule has 0 saturated carbocycles. The fraction of sp³-hybridized carbons (Fsp3) is 0.471. The van der Waals surface area contributed by atoms with Crippen molar-refractivity contribution in [2.75, 3.05) is 13.7 Å². The summed E-state index contributed by atoms with van der Waals surface area (Å²) in [5.41, 5.74) is 1.21. The molecule has 0 radical (unpaired) electrons. The van der Waals surface area contributed by atoms with Crippen LogP contribution in [0.4, 0.5) is 0 Å². The van der Waals surface area contributed by atoms with Crippen molar-refractivity contribution >= 4 is 20.9 Å². The minimum absolute atomic E-state index is 0.128. The topological polar surface area (TPSA) is 71.5 Å². The van der Waals surface area contributed by atoms with Gasteiger partial charge in [-0.05, 0) is 38.5 Å².